The number of benzene rings is 1. The van der Waals surface area contributed by atoms with E-state index in [1.165, 1.54) is 24.4 Å². The first-order chi connectivity index (χ1) is 16.6. The Kier molecular flexibility index (Phi) is 5.58. The molecule has 1 aromatic carbocycles. The van der Waals surface area contributed by atoms with Crippen molar-refractivity contribution < 1.29 is 26.3 Å². The highest BCUT2D eigenvalue weighted by Gasteiger charge is 2.42. The Balaban J connectivity index is 1.52. The lowest BCUT2D eigenvalue weighted by molar-refractivity contribution is -0.136. The minimum absolute atomic E-state index is 0.164. The molecular weight excluding hydrogens is 489 g/mol. The van der Waals surface area contributed by atoms with Gasteiger partial charge in [0.2, 0.25) is 10.0 Å². The number of anilines is 2. The quantitative estimate of drug-likeness (QED) is 0.554. The zero-order valence-electron chi connectivity index (χ0n) is 18.0. The van der Waals surface area contributed by atoms with Crippen LogP contribution in [0.1, 0.15) is 18.0 Å². The molecule has 0 spiro atoms. The number of nitrogens with zero attached hydrogens (tertiary/aromatic N) is 4. The van der Waals surface area contributed by atoms with Gasteiger partial charge in [-0.3, -0.25) is 9.48 Å². The maximum absolute atomic E-state index is 12.8. The van der Waals surface area contributed by atoms with Crippen LogP contribution < -0.4 is 10.9 Å². The number of hydrogen-bond acceptors (Lipinski definition) is 7. The number of aromatic amines is 1. The van der Waals surface area contributed by atoms with Crippen molar-refractivity contribution >= 4 is 32.4 Å². The lowest BCUT2D eigenvalue weighted by atomic mass is 9.96. The molecule has 35 heavy (non-hydrogen) atoms. The number of sulfonamides is 1. The van der Waals surface area contributed by atoms with Crippen LogP contribution in [-0.4, -0.2) is 53.4 Å². The lowest BCUT2D eigenvalue weighted by Crippen LogP contribution is -2.34. The van der Waals surface area contributed by atoms with E-state index >= 15 is 0 Å². The summed E-state index contributed by atoms with van der Waals surface area (Å²) in [5, 5.41) is 17.3. The monoisotopic (exact) mass is 508 g/mol. The molecule has 1 fully saturated rings. The summed E-state index contributed by atoms with van der Waals surface area (Å²) in [6.45, 7) is -1.32. The molecular formula is C21H19F3N6O4S. The van der Waals surface area contributed by atoms with Crippen LogP contribution in [0.15, 0.2) is 40.2 Å². The third kappa shape index (κ3) is 4.15. The summed E-state index contributed by atoms with van der Waals surface area (Å²) >= 11 is 0. The molecule has 10 nitrogen and oxygen atoms in total. The number of rotatable bonds is 4. The standard InChI is InChI=1S/C21H19F3N6O4S/c22-21(23,24)11-29-9-13-7-14(1-2-17(13)35(29,32)33)27-19-18-15(3-5-26-20(18)31)30(28-19)16-10-34-6-4-12(16)8-25/h1-3,5,7,12,16H,4,6,9-11H2,(H,26,31)(H,27,28)/t12-,16?/m1/s1. The number of halogens is 3. The summed E-state index contributed by atoms with van der Waals surface area (Å²) in [6.07, 6.45) is -2.69. The number of alkyl halides is 3. The molecule has 2 N–H and O–H groups in total. The van der Waals surface area contributed by atoms with Gasteiger partial charge in [0, 0.05) is 25.0 Å². The van der Waals surface area contributed by atoms with Gasteiger partial charge in [-0.2, -0.15) is 27.8 Å². The summed E-state index contributed by atoms with van der Waals surface area (Å²) in [5.74, 6) is -0.208. The minimum atomic E-state index is -4.67. The highest BCUT2D eigenvalue weighted by atomic mass is 32.2. The maximum Gasteiger partial charge on any atom is 0.402 e. The lowest BCUT2D eigenvalue weighted by Gasteiger charge is -2.27. The highest BCUT2D eigenvalue weighted by molar-refractivity contribution is 7.89. The second-order valence-electron chi connectivity index (χ2n) is 8.36. The minimum Gasteiger partial charge on any atom is -0.379 e. The van der Waals surface area contributed by atoms with Gasteiger partial charge < -0.3 is 15.0 Å². The van der Waals surface area contributed by atoms with E-state index in [1.54, 1.807) is 10.7 Å². The molecule has 2 aliphatic rings. The van der Waals surface area contributed by atoms with Crippen LogP contribution in [-0.2, 0) is 21.3 Å². The van der Waals surface area contributed by atoms with E-state index in [4.69, 9.17) is 4.74 Å². The van der Waals surface area contributed by atoms with Gasteiger partial charge in [0.15, 0.2) is 5.82 Å². The van der Waals surface area contributed by atoms with Gasteiger partial charge >= 0.3 is 6.18 Å². The smallest absolute Gasteiger partial charge is 0.379 e. The predicted octanol–water partition coefficient (Wildman–Crippen LogP) is 2.64. The van der Waals surface area contributed by atoms with Crippen LogP contribution >= 0.6 is 0 Å². The predicted molar refractivity (Wildman–Crippen MR) is 117 cm³/mol. The van der Waals surface area contributed by atoms with Crippen molar-refractivity contribution in [3.63, 3.8) is 0 Å². The van der Waals surface area contributed by atoms with Gasteiger partial charge in [0.25, 0.3) is 5.56 Å². The number of ether oxygens (including phenoxy) is 1. The fraction of sp³-hybridized carbons (Fsp3) is 0.381. The molecule has 14 heteroatoms. The van der Waals surface area contributed by atoms with E-state index in [1.807, 2.05) is 0 Å². The van der Waals surface area contributed by atoms with Crippen molar-refractivity contribution in [3.05, 3.63) is 46.4 Å². The topological polar surface area (TPSA) is 133 Å². The fourth-order valence-electron chi connectivity index (χ4n) is 4.48. The van der Waals surface area contributed by atoms with Gasteiger partial charge in [-0.25, -0.2) is 8.42 Å². The van der Waals surface area contributed by atoms with Crippen LogP contribution in [0.2, 0.25) is 0 Å². The first-order valence-corrected chi connectivity index (χ1v) is 12.1. The number of fused-ring (bicyclic) bond motifs is 2. The number of pyridine rings is 1. The second kappa shape index (κ2) is 8.36. The van der Waals surface area contributed by atoms with Crippen LogP contribution in [0.5, 0.6) is 0 Å². The largest absolute Gasteiger partial charge is 0.402 e. The molecule has 1 saturated heterocycles. The molecule has 0 bridgehead atoms. The fourth-order valence-corrected chi connectivity index (χ4v) is 6.08. The Morgan fingerprint density at radius 3 is 2.86 bits per heavy atom. The third-order valence-corrected chi connectivity index (χ3v) is 7.97. The van der Waals surface area contributed by atoms with Crippen LogP contribution in [0, 0.1) is 17.2 Å². The first kappa shape index (κ1) is 23.3. The summed E-state index contributed by atoms with van der Waals surface area (Å²) in [5.41, 5.74) is 0.593. The summed E-state index contributed by atoms with van der Waals surface area (Å²) in [6, 6.07) is 7.54. The third-order valence-electron chi connectivity index (χ3n) is 6.08. The molecule has 2 aromatic heterocycles. The second-order valence-corrected chi connectivity index (χ2v) is 10.3. The van der Waals surface area contributed by atoms with Gasteiger partial charge in [0.1, 0.15) is 11.9 Å². The molecule has 1 unspecified atom stereocenters. The normalized spacial score (nSPS) is 22.1. The average Bonchev–Trinajstić information content (AvgIpc) is 3.28. The van der Waals surface area contributed by atoms with Crippen LogP contribution in [0.4, 0.5) is 24.7 Å². The van der Waals surface area contributed by atoms with Crippen molar-refractivity contribution in [2.45, 2.75) is 30.1 Å². The molecule has 0 amide bonds. The van der Waals surface area contributed by atoms with Crippen LogP contribution in [0.3, 0.4) is 0 Å². The molecule has 184 valence electrons. The Bertz CT molecular complexity index is 1510. The Hall–Kier alpha value is -3.41. The van der Waals surface area contributed by atoms with Gasteiger partial charge in [-0.1, -0.05) is 0 Å². The number of nitrogens with one attached hydrogen (secondary N) is 2. The SMILES string of the molecule is N#C[C@H]1CCOCC1n1nc(Nc2ccc3c(c2)CN(CC(F)(F)F)S3(=O)=O)c2c(=O)[nH]ccc21. The van der Waals surface area contributed by atoms with Crippen molar-refractivity contribution in [2.75, 3.05) is 25.1 Å². The van der Waals surface area contributed by atoms with E-state index in [-0.39, 0.29) is 34.2 Å². The molecule has 4 heterocycles. The number of H-pyrrole nitrogens is 1. The Labute approximate surface area is 197 Å². The zero-order valence-corrected chi connectivity index (χ0v) is 18.9. The van der Waals surface area contributed by atoms with Gasteiger partial charge in [-0.05, 0) is 36.2 Å². The molecule has 0 radical (unpaired) electrons. The van der Waals surface area contributed by atoms with Crippen molar-refractivity contribution in [1.29, 1.82) is 5.26 Å². The zero-order chi connectivity index (χ0) is 25.0. The van der Waals surface area contributed by atoms with E-state index in [9.17, 15) is 31.6 Å². The summed E-state index contributed by atoms with van der Waals surface area (Å²) in [4.78, 5) is 15.0. The van der Waals surface area contributed by atoms with Crippen molar-refractivity contribution in [1.82, 2.24) is 19.1 Å². The molecule has 3 aromatic rings. The van der Waals surface area contributed by atoms with E-state index in [2.05, 4.69) is 21.5 Å². The Morgan fingerprint density at radius 1 is 1.31 bits per heavy atom. The molecule has 5 rings (SSSR count). The van der Waals surface area contributed by atoms with Gasteiger partial charge in [0.05, 0.1) is 35.0 Å². The van der Waals surface area contributed by atoms with E-state index in [0.29, 0.717) is 28.5 Å². The van der Waals surface area contributed by atoms with E-state index in [0.717, 1.165) is 0 Å². The Morgan fingerprint density at radius 2 is 2.11 bits per heavy atom. The molecule has 0 saturated carbocycles. The van der Waals surface area contributed by atoms with Gasteiger partial charge in [-0.15, -0.1) is 0 Å². The summed E-state index contributed by atoms with van der Waals surface area (Å²) < 4.78 is 71.0. The average molecular weight is 508 g/mol. The van der Waals surface area contributed by atoms with Crippen LogP contribution in [0.25, 0.3) is 10.9 Å². The molecule has 2 aliphatic heterocycles. The first-order valence-electron chi connectivity index (χ1n) is 10.6. The maximum atomic E-state index is 12.8. The molecule has 2 atom stereocenters. The van der Waals surface area contributed by atoms with Crippen molar-refractivity contribution in [2.24, 2.45) is 5.92 Å². The highest BCUT2D eigenvalue weighted by Crippen LogP contribution is 2.36. The number of nitriles is 1. The van der Waals surface area contributed by atoms with Crippen molar-refractivity contribution in [3.8, 4) is 6.07 Å². The number of hydrogen-bond donors (Lipinski definition) is 2. The summed E-state index contributed by atoms with van der Waals surface area (Å²) in [7, 11) is -4.26. The molecule has 0 aliphatic carbocycles. The number of aromatic nitrogens is 3. The van der Waals surface area contributed by atoms with E-state index < -0.39 is 40.9 Å².